The number of aryl methyl sites for hydroxylation is 1. The number of fused-ring (bicyclic) bond motifs is 3. The molecular formula is C27H26N4O2. The molecule has 33 heavy (non-hydrogen) atoms. The molecule has 1 N–H and O–H groups in total. The van der Waals surface area contributed by atoms with E-state index in [2.05, 4.69) is 24.4 Å². The number of para-hydroxylation sites is 2. The third-order valence-corrected chi connectivity index (χ3v) is 6.17. The third kappa shape index (κ3) is 4.12. The number of nitrogens with zero attached hydrogens (tertiary/aromatic N) is 3. The molecule has 0 saturated carbocycles. The number of hydrogen-bond donors (Lipinski definition) is 1. The van der Waals surface area contributed by atoms with Gasteiger partial charge in [-0.25, -0.2) is 4.98 Å². The van der Waals surface area contributed by atoms with Gasteiger partial charge in [0.2, 0.25) is 11.9 Å². The minimum atomic E-state index is -0.613. The van der Waals surface area contributed by atoms with E-state index in [4.69, 9.17) is 4.98 Å². The number of carbonyl (C=O) groups excluding carboxylic acids is 2. The second kappa shape index (κ2) is 8.90. The predicted molar refractivity (Wildman–Crippen MR) is 130 cm³/mol. The molecule has 2 heterocycles. The normalized spacial score (nSPS) is 15.1. The van der Waals surface area contributed by atoms with Crippen molar-refractivity contribution in [2.75, 3.05) is 16.8 Å². The van der Waals surface area contributed by atoms with E-state index < -0.39 is 6.04 Å². The molecule has 0 aliphatic carbocycles. The Balaban J connectivity index is 1.39. The van der Waals surface area contributed by atoms with Crippen LogP contribution >= 0.6 is 0 Å². The lowest BCUT2D eigenvalue weighted by molar-refractivity contribution is -0.124. The van der Waals surface area contributed by atoms with Gasteiger partial charge in [-0.1, -0.05) is 61.5 Å². The van der Waals surface area contributed by atoms with E-state index in [1.54, 1.807) is 4.90 Å². The van der Waals surface area contributed by atoms with E-state index in [0.717, 1.165) is 35.1 Å². The fraction of sp³-hybridized carbons (Fsp3) is 0.222. The lowest BCUT2D eigenvalue weighted by Gasteiger charge is -2.16. The highest BCUT2D eigenvalue weighted by Gasteiger charge is 2.40. The van der Waals surface area contributed by atoms with Gasteiger partial charge in [-0.05, 0) is 48.2 Å². The first-order chi connectivity index (χ1) is 16.1. The number of aromatic nitrogens is 2. The number of amides is 2. The average Bonchev–Trinajstić information content (AvgIpc) is 3.33. The van der Waals surface area contributed by atoms with Crippen molar-refractivity contribution in [3.63, 3.8) is 0 Å². The Hall–Kier alpha value is -3.93. The Bertz CT molecular complexity index is 1290. The van der Waals surface area contributed by atoms with Gasteiger partial charge in [0, 0.05) is 12.2 Å². The van der Waals surface area contributed by atoms with Crippen LogP contribution in [0.2, 0.25) is 0 Å². The molecule has 0 spiro atoms. The van der Waals surface area contributed by atoms with Crippen LogP contribution in [0.5, 0.6) is 0 Å². The zero-order chi connectivity index (χ0) is 22.8. The summed E-state index contributed by atoms with van der Waals surface area (Å²) in [6, 6.07) is 25.0. The van der Waals surface area contributed by atoms with Crippen LogP contribution in [0.1, 0.15) is 30.5 Å². The number of benzene rings is 3. The van der Waals surface area contributed by atoms with Crippen molar-refractivity contribution in [2.24, 2.45) is 0 Å². The van der Waals surface area contributed by atoms with Crippen molar-refractivity contribution >= 4 is 34.5 Å². The van der Waals surface area contributed by atoms with Crippen LogP contribution < -0.4 is 10.2 Å². The van der Waals surface area contributed by atoms with Crippen LogP contribution in [-0.2, 0) is 22.4 Å². The predicted octanol–water partition coefficient (Wildman–Crippen LogP) is 4.76. The molecule has 166 valence electrons. The Morgan fingerprint density at radius 2 is 1.67 bits per heavy atom. The van der Waals surface area contributed by atoms with Gasteiger partial charge in [-0.3, -0.25) is 19.1 Å². The van der Waals surface area contributed by atoms with Crippen molar-refractivity contribution in [3.05, 3.63) is 90.0 Å². The number of anilines is 2. The molecule has 1 aliphatic rings. The summed E-state index contributed by atoms with van der Waals surface area (Å²) in [5.41, 5.74) is 4.80. The van der Waals surface area contributed by atoms with Gasteiger partial charge < -0.3 is 5.32 Å². The van der Waals surface area contributed by atoms with E-state index in [0.29, 0.717) is 12.5 Å². The van der Waals surface area contributed by atoms with Crippen molar-refractivity contribution in [1.29, 1.82) is 0 Å². The third-order valence-electron chi connectivity index (χ3n) is 6.17. The number of carbonyl (C=O) groups is 2. The van der Waals surface area contributed by atoms with E-state index >= 15 is 0 Å². The van der Waals surface area contributed by atoms with Crippen molar-refractivity contribution in [3.8, 4) is 0 Å². The number of hydrogen-bond acceptors (Lipinski definition) is 3. The van der Waals surface area contributed by atoms with Gasteiger partial charge in [-0.15, -0.1) is 0 Å². The molecule has 1 aliphatic heterocycles. The maximum absolute atomic E-state index is 13.4. The average molecular weight is 439 g/mol. The van der Waals surface area contributed by atoms with Gasteiger partial charge in [0.1, 0.15) is 6.04 Å². The fourth-order valence-electron chi connectivity index (χ4n) is 4.40. The largest absolute Gasteiger partial charge is 0.326 e. The van der Waals surface area contributed by atoms with Gasteiger partial charge in [0.15, 0.2) is 0 Å². The van der Waals surface area contributed by atoms with E-state index in [9.17, 15) is 9.59 Å². The van der Waals surface area contributed by atoms with Gasteiger partial charge >= 0.3 is 0 Å². The van der Waals surface area contributed by atoms with Crippen LogP contribution in [0.25, 0.3) is 11.0 Å². The maximum Gasteiger partial charge on any atom is 0.253 e. The smallest absolute Gasteiger partial charge is 0.253 e. The molecule has 0 bridgehead atoms. The van der Waals surface area contributed by atoms with Gasteiger partial charge in [-0.2, -0.15) is 0 Å². The SMILES string of the molecule is CCc1ccc(NC(=O)CC2C(=O)N(CCc3ccccc3)c3nc4ccccc4n32)cc1. The summed E-state index contributed by atoms with van der Waals surface area (Å²) in [7, 11) is 0. The van der Waals surface area contributed by atoms with E-state index in [1.165, 1.54) is 5.56 Å². The Morgan fingerprint density at radius 3 is 2.42 bits per heavy atom. The van der Waals surface area contributed by atoms with Crippen molar-refractivity contribution in [1.82, 2.24) is 9.55 Å². The maximum atomic E-state index is 13.4. The standard InChI is InChI=1S/C27H26N4O2/c1-2-19-12-14-21(15-13-19)28-25(32)18-24-26(33)30(17-16-20-8-4-3-5-9-20)27-29-22-10-6-7-11-23(22)31(24)27/h3-15,24H,2,16-18H2,1H3,(H,28,32). The van der Waals surface area contributed by atoms with E-state index in [-0.39, 0.29) is 18.2 Å². The molecule has 3 aromatic carbocycles. The summed E-state index contributed by atoms with van der Waals surface area (Å²) in [5.74, 6) is 0.337. The second-order valence-corrected chi connectivity index (χ2v) is 8.31. The summed E-state index contributed by atoms with van der Waals surface area (Å²) in [4.78, 5) is 32.8. The van der Waals surface area contributed by atoms with Crippen LogP contribution in [0.3, 0.4) is 0 Å². The highest BCUT2D eigenvalue weighted by molar-refractivity contribution is 6.05. The van der Waals surface area contributed by atoms with Crippen LogP contribution in [0, 0.1) is 0 Å². The first kappa shape index (κ1) is 20.9. The zero-order valence-electron chi connectivity index (χ0n) is 18.6. The van der Waals surface area contributed by atoms with Crippen molar-refractivity contribution in [2.45, 2.75) is 32.2 Å². The molecule has 2 amide bonds. The zero-order valence-corrected chi connectivity index (χ0v) is 18.6. The highest BCUT2D eigenvalue weighted by Crippen LogP contribution is 2.36. The lowest BCUT2D eigenvalue weighted by atomic mass is 10.1. The molecule has 1 atom stereocenters. The summed E-state index contributed by atoms with van der Waals surface area (Å²) < 4.78 is 1.92. The molecule has 6 heteroatoms. The lowest BCUT2D eigenvalue weighted by Crippen LogP contribution is -2.33. The topological polar surface area (TPSA) is 67.2 Å². The first-order valence-corrected chi connectivity index (χ1v) is 11.3. The minimum Gasteiger partial charge on any atom is -0.326 e. The number of imidazole rings is 1. The summed E-state index contributed by atoms with van der Waals surface area (Å²) >= 11 is 0. The Labute approximate surface area is 192 Å². The molecule has 5 rings (SSSR count). The number of nitrogens with one attached hydrogen (secondary N) is 1. The molecule has 4 aromatic rings. The molecule has 6 nitrogen and oxygen atoms in total. The molecule has 0 radical (unpaired) electrons. The van der Waals surface area contributed by atoms with Crippen LogP contribution in [-0.4, -0.2) is 27.9 Å². The molecule has 0 saturated heterocycles. The Kier molecular flexibility index (Phi) is 5.65. The Morgan fingerprint density at radius 1 is 0.939 bits per heavy atom. The second-order valence-electron chi connectivity index (χ2n) is 8.31. The summed E-state index contributed by atoms with van der Waals surface area (Å²) in [6.07, 6.45) is 1.72. The van der Waals surface area contributed by atoms with E-state index in [1.807, 2.05) is 71.3 Å². The molecule has 1 aromatic heterocycles. The highest BCUT2D eigenvalue weighted by atomic mass is 16.2. The first-order valence-electron chi connectivity index (χ1n) is 11.3. The van der Waals surface area contributed by atoms with Gasteiger partial charge in [0.05, 0.1) is 17.5 Å². The quantitative estimate of drug-likeness (QED) is 0.452. The van der Waals surface area contributed by atoms with Crippen LogP contribution in [0.4, 0.5) is 11.6 Å². The molecule has 0 fully saturated rings. The molecular weight excluding hydrogens is 412 g/mol. The monoisotopic (exact) mass is 438 g/mol. The molecule has 1 unspecified atom stereocenters. The summed E-state index contributed by atoms with van der Waals surface area (Å²) in [6.45, 7) is 2.61. The minimum absolute atomic E-state index is 0.0591. The fourth-order valence-corrected chi connectivity index (χ4v) is 4.40. The number of rotatable bonds is 7. The van der Waals surface area contributed by atoms with Crippen molar-refractivity contribution < 1.29 is 9.59 Å². The van der Waals surface area contributed by atoms with Crippen LogP contribution in [0.15, 0.2) is 78.9 Å². The van der Waals surface area contributed by atoms with Gasteiger partial charge in [0.25, 0.3) is 5.91 Å². The summed E-state index contributed by atoms with van der Waals surface area (Å²) in [5, 5.41) is 2.94.